The average Bonchev–Trinajstić information content (AvgIpc) is 2.94. The van der Waals surface area contributed by atoms with Crippen LogP contribution in [0.3, 0.4) is 0 Å². The third-order valence-corrected chi connectivity index (χ3v) is 4.34. The van der Waals surface area contributed by atoms with Gasteiger partial charge in [-0.1, -0.05) is 41.4 Å². The first-order valence-corrected chi connectivity index (χ1v) is 8.54. The third-order valence-electron chi connectivity index (χ3n) is 3.82. The summed E-state index contributed by atoms with van der Waals surface area (Å²) in [5.41, 5.74) is 1.77. The van der Waals surface area contributed by atoms with Crippen LogP contribution in [0, 0.1) is 0 Å². The first-order valence-electron chi connectivity index (χ1n) is 7.78. The minimum atomic E-state index is -1.10. The Morgan fingerprint density at radius 3 is 2.54 bits per heavy atom. The summed E-state index contributed by atoms with van der Waals surface area (Å²) in [6.07, 6.45) is 0.297. The molecule has 3 rings (SSSR count). The van der Waals surface area contributed by atoms with E-state index >= 15 is 0 Å². The predicted molar refractivity (Wildman–Crippen MR) is 102 cm³/mol. The number of aromatic amines is 1. The van der Waals surface area contributed by atoms with Crippen molar-refractivity contribution >= 4 is 51.8 Å². The molecule has 0 atom stereocenters. The molecule has 2 amide bonds. The summed E-state index contributed by atoms with van der Waals surface area (Å²) in [6.45, 7) is 0.241. The fourth-order valence-corrected chi connectivity index (χ4v) is 3.35. The van der Waals surface area contributed by atoms with Crippen LogP contribution in [0.4, 0.5) is 10.5 Å². The largest absolute Gasteiger partial charge is 0.477 e. The number of aromatic carboxylic acids is 1. The van der Waals surface area contributed by atoms with E-state index in [0.717, 1.165) is 0 Å². The maximum absolute atomic E-state index is 11.9. The zero-order chi connectivity index (χ0) is 18.7. The highest BCUT2D eigenvalue weighted by atomic mass is 35.5. The fraction of sp³-hybridized carbons (Fsp3) is 0.111. The number of hydrogen-bond acceptors (Lipinski definition) is 2. The molecule has 0 spiro atoms. The Balaban J connectivity index is 1.75. The minimum absolute atomic E-state index is 0.0365. The van der Waals surface area contributed by atoms with E-state index in [2.05, 4.69) is 15.6 Å². The van der Waals surface area contributed by atoms with Crippen LogP contribution in [0.15, 0.2) is 42.5 Å². The van der Waals surface area contributed by atoms with Gasteiger partial charge in [0.2, 0.25) is 0 Å². The van der Waals surface area contributed by atoms with Crippen molar-refractivity contribution in [2.24, 2.45) is 0 Å². The van der Waals surface area contributed by atoms with Gasteiger partial charge in [0.1, 0.15) is 5.69 Å². The maximum atomic E-state index is 11.9. The van der Waals surface area contributed by atoms with Crippen LogP contribution < -0.4 is 10.6 Å². The molecule has 0 radical (unpaired) electrons. The Morgan fingerprint density at radius 2 is 1.85 bits per heavy atom. The maximum Gasteiger partial charge on any atom is 0.352 e. The van der Waals surface area contributed by atoms with Gasteiger partial charge in [0, 0.05) is 28.2 Å². The highest BCUT2D eigenvalue weighted by Crippen LogP contribution is 2.32. The lowest BCUT2D eigenvalue weighted by Crippen LogP contribution is -2.30. The predicted octanol–water partition coefficient (Wildman–Crippen LogP) is 4.54. The first-order chi connectivity index (χ1) is 12.5. The number of fused-ring (bicyclic) bond motifs is 1. The van der Waals surface area contributed by atoms with Gasteiger partial charge in [0.15, 0.2) is 0 Å². The fourth-order valence-electron chi connectivity index (χ4n) is 2.74. The molecule has 0 aliphatic heterocycles. The molecule has 6 nitrogen and oxygen atoms in total. The van der Waals surface area contributed by atoms with Crippen molar-refractivity contribution in [2.75, 3.05) is 11.9 Å². The summed E-state index contributed by atoms with van der Waals surface area (Å²) in [5.74, 6) is -1.10. The SMILES string of the molecule is O=C(NCCc1c(C(=O)O)[nH]c2cc(Cl)cc(Cl)c12)Nc1ccccc1. The van der Waals surface area contributed by atoms with Gasteiger partial charge < -0.3 is 20.7 Å². The number of urea groups is 1. The second-order valence-corrected chi connectivity index (χ2v) is 6.43. The standard InChI is InChI=1S/C18H15Cl2N3O3/c19-10-8-13(20)15-12(16(17(24)25)23-14(15)9-10)6-7-21-18(26)22-11-4-2-1-3-5-11/h1-5,8-9,23H,6-7H2,(H,24,25)(H2,21,22,26). The minimum Gasteiger partial charge on any atom is -0.477 e. The molecular weight excluding hydrogens is 377 g/mol. The third kappa shape index (κ3) is 3.92. The molecule has 0 bridgehead atoms. The average molecular weight is 392 g/mol. The van der Waals surface area contributed by atoms with Gasteiger partial charge in [-0.05, 0) is 36.2 Å². The van der Waals surface area contributed by atoms with E-state index in [1.165, 1.54) is 0 Å². The quantitative estimate of drug-likeness (QED) is 0.514. The van der Waals surface area contributed by atoms with Crippen molar-refractivity contribution in [3.8, 4) is 0 Å². The number of carboxylic acid groups (broad SMARTS) is 1. The monoisotopic (exact) mass is 391 g/mol. The van der Waals surface area contributed by atoms with E-state index in [0.29, 0.717) is 38.6 Å². The Labute approximate surface area is 159 Å². The van der Waals surface area contributed by atoms with Crippen LogP contribution in [-0.2, 0) is 6.42 Å². The molecule has 0 aliphatic rings. The summed E-state index contributed by atoms with van der Waals surface area (Å²) in [6, 6.07) is 11.8. The van der Waals surface area contributed by atoms with Crippen molar-refractivity contribution in [1.29, 1.82) is 0 Å². The van der Waals surface area contributed by atoms with Crippen LogP contribution >= 0.6 is 23.2 Å². The van der Waals surface area contributed by atoms with Crippen LogP contribution in [0.2, 0.25) is 10.0 Å². The van der Waals surface area contributed by atoms with Crippen LogP contribution in [-0.4, -0.2) is 28.6 Å². The number of rotatable bonds is 5. The van der Waals surface area contributed by atoms with Gasteiger partial charge >= 0.3 is 12.0 Å². The van der Waals surface area contributed by atoms with E-state index in [9.17, 15) is 14.7 Å². The van der Waals surface area contributed by atoms with Crippen molar-refractivity contribution in [3.63, 3.8) is 0 Å². The molecule has 0 aliphatic carbocycles. The molecule has 2 aromatic carbocycles. The van der Waals surface area contributed by atoms with Gasteiger partial charge in [0.05, 0.1) is 5.02 Å². The van der Waals surface area contributed by atoms with Gasteiger partial charge in [-0.25, -0.2) is 9.59 Å². The molecule has 134 valence electrons. The zero-order valence-corrected chi connectivity index (χ0v) is 15.0. The number of para-hydroxylation sites is 1. The lowest BCUT2D eigenvalue weighted by molar-refractivity contribution is 0.0690. The topological polar surface area (TPSA) is 94.2 Å². The molecule has 0 fully saturated rings. The number of carbonyl (C=O) groups is 2. The molecule has 0 saturated carbocycles. The molecule has 0 unspecified atom stereocenters. The van der Waals surface area contributed by atoms with Crippen molar-refractivity contribution < 1.29 is 14.7 Å². The second kappa shape index (κ2) is 7.68. The lowest BCUT2D eigenvalue weighted by atomic mass is 10.1. The van der Waals surface area contributed by atoms with Gasteiger partial charge in [0.25, 0.3) is 0 Å². The Hall–Kier alpha value is -2.70. The summed E-state index contributed by atoms with van der Waals surface area (Å²) in [4.78, 5) is 26.3. The number of carboxylic acids is 1. The van der Waals surface area contributed by atoms with Crippen LogP contribution in [0.1, 0.15) is 16.1 Å². The summed E-state index contributed by atoms with van der Waals surface area (Å²) in [5, 5.41) is 16.2. The number of anilines is 1. The normalized spacial score (nSPS) is 10.7. The van der Waals surface area contributed by atoms with Gasteiger partial charge in [-0.3, -0.25) is 0 Å². The van der Waals surface area contributed by atoms with E-state index in [1.807, 2.05) is 18.2 Å². The molecule has 26 heavy (non-hydrogen) atoms. The number of hydrogen-bond donors (Lipinski definition) is 4. The van der Waals surface area contributed by atoms with Crippen molar-refractivity contribution in [3.05, 3.63) is 63.8 Å². The first kappa shape index (κ1) is 18.1. The molecule has 0 saturated heterocycles. The lowest BCUT2D eigenvalue weighted by Gasteiger charge is -2.08. The highest BCUT2D eigenvalue weighted by Gasteiger charge is 2.19. The van der Waals surface area contributed by atoms with Crippen molar-refractivity contribution in [2.45, 2.75) is 6.42 Å². The van der Waals surface area contributed by atoms with Crippen LogP contribution in [0.25, 0.3) is 10.9 Å². The molecule has 8 heteroatoms. The summed E-state index contributed by atoms with van der Waals surface area (Å²) < 4.78 is 0. The molecule has 4 N–H and O–H groups in total. The number of benzene rings is 2. The number of aromatic nitrogens is 1. The summed E-state index contributed by atoms with van der Waals surface area (Å²) in [7, 11) is 0. The Morgan fingerprint density at radius 1 is 1.12 bits per heavy atom. The smallest absolute Gasteiger partial charge is 0.352 e. The Kier molecular flexibility index (Phi) is 5.35. The molecule has 3 aromatic rings. The van der Waals surface area contributed by atoms with E-state index in [4.69, 9.17) is 23.2 Å². The van der Waals surface area contributed by atoms with E-state index < -0.39 is 5.97 Å². The van der Waals surface area contributed by atoms with E-state index in [-0.39, 0.29) is 18.3 Å². The van der Waals surface area contributed by atoms with Crippen molar-refractivity contribution in [1.82, 2.24) is 10.3 Å². The summed E-state index contributed by atoms with van der Waals surface area (Å²) >= 11 is 12.2. The molecule has 1 heterocycles. The van der Waals surface area contributed by atoms with Crippen LogP contribution in [0.5, 0.6) is 0 Å². The number of amides is 2. The molecular formula is C18H15Cl2N3O3. The zero-order valence-electron chi connectivity index (χ0n) is 13.5. The highest BCUT2D eigenvalue weighted by molar-refractivity contribution is 6.39. The van der Waals surface area contributed by atoms with Gasteiger partial charge in [-0.15, -0.1) is 0 Å². The Bertz CT molecular complexity index is 971. The van der Waals surface area contributed by atoms with Gasteiger partial charge in [-0.2, -0.15) is 0 Å². The number of carbonyl (C=O) groups excluding carboxylic acids is 1. The van der Waals surface area contributed by atoms with E-state index in [1.54, 1.807) is 24.3 Å². The second-order valence-electron chi connectivity index (χ2n) is 5.59. The number of nitrogens with one attached hydrogen (secondary N) is 3. The number of halogens is 2. The molecule has 1 aromatic heterocycles. The number of H-pyrrole nitrogens is 1.